The molecule has 1 aromatic rings. The Bertz CT molecular complexity index is 452. The number of hydrogen-bond donors (Lipinski definition) is 2. The van der Waals surface area contributed by atoms with Gasteiger partial charge in [-0.1, -0.05) is 22.0 Å². The zero-order valence-electron chi connectivity index (χ0n) is 10.1. The molecule has 1 aliphatic rings. The van der Waals surface area contributed by atoms with Crippen molar-refractivity contribution in [3.63, 3.8) is 0 Å². The van der Waals surface area contributed by atoms with E-state index >= 15 is 0 Å². The van der Waals surface area contributed by atoms with Gasteiger partial charge < -0.3 is 10.4 Å². The van der Waals surface area contributed by atoms with E-state index in [0.29, 0.717) is 6.42 Å². The maximum absolute atomic E-state index is 10.0. The van der Waals surface area contributed by atoms with Gasteiger partial charge in [-0.25, -0.2) is 0 Å². The summed E-state index contributed by atoms with van der Waals surface area (Å²) in [7, 11) is 0. The Morgan fingerprint density at radius 3 is 2.78 bits per heavy atom. The van der Waals surface area contributed by atoms with Crippen molar-refractivity contribution in [3.05, 3.63) is 28.2 Å². The van der Waals surface area contributed by atoms with Gasteiger partial charge in [0, 0.05) is 36.2 Å². The molecular formula is C13H16BrN3O. The number of hydrogen-bond acceptors (Lipinski definition) is 4. The predicted octanol–water partition coefficient (Wildman–Crippen LogP) is 2.01. The van der Waals surface area contributed by atoms with Crippen LogP contribution < -0.4 is 5.32 Å². The molecule has 1 aliphatic heterocycles. The summed E-state index contributed by atoms with van der Waals surface area (Å²) in [6, 6.07) is 7.68. The van der Waals surface area contributed by atoms with Crippen LogP contribution >= 0.6 is 15.9 Å². The number of piperazine rings is 1. The summed E-state index contributed by atoms with van der Waals surface area (Å²) in [6.45, 7) is 3.67. The van der Waals surface area contributed by atoms with Gasteiger partial charge in [-0.3, -0.25) is 4.90 Å². The molecule has 4 nitrogen and oxygen atoms in total. The topological polar surface area (TPSA) is 59.3 Å². The SMILES string of the molecule is N#CC[C@H](c1ccc(Br)cc1O)N1CCNCC1. The van der Waals surface area contributed by atoms with Crippen LogP contribution in [0, 0.1) is 11.3 Å². The molecule has 1 fully saturated rings. The Kier molecular flexibility index (Phi) is 4.59. The Labute approximate surface area is 115 Å². The van der Waals surface area contributed by atoms with Crippen molar-refractivity contribution in [2.45, 2.75) is 12.5 Å². The highest BCUT2D eigenvalue weighted by molar-refractivity contribution is 9.10. The standard InChI is InChI=1S/C13H16BrN3O/c14-10-1-2-11(13(18)9-10)12(3-4-15)17-7-5-16-6-8-17/h1-2,9,12,16,18H,3,5-8H2/t12-/m1/s1. The van der Waals surface area contributed by atoms with E-state index in [0.717, 1.165) is 36.2 Å². The van der Waals surface area contributed by atoms with Crippen LogP contribution in [0.5, 0.6) is 5.75 Å². The Morgan fingerprint density at radius 2 is 2.17 bits per heavy atom. The lowest BCUT2D eigenvalue weighted by atomic mass is 10.0. The normalized spacial score (nSPS) is 18.2. The van der Waals surface area contributed by atoms with Gasteiger partial charge in [-0.15, -0.1) is 0 Å². The molecule has 0 radical (unpaired) electrons. The summed E-state index contributed by atoms with van der Waals surface area (Å²) >= 11 is 3.33. The first-order valence-corrected chi connectivity index (χ1v) is 6.82. The number of phenolic OH excluding ortho intramolecular Hbond substituents is 1. The van der Waals surface area contributed by atoms with E-state index in [-0.39, 0.29) is 11.8 Å². The first-order valence-electron chi connectivity index (χ1n) is 6.02. The van der Waals surface area contributed by atoms with E-state index < -0.39 is 0 Å². The summed E-state index contributed by atoms with van der Waals surface area (Å²) in [4.78, 5) is 2.25. The second-order valence-corrected chi connectivity index (χ2v) is 5.28. The highest BCUT2D eigenvalue weighted by atomic mass is 79.9. The third-order valence-corrected chi connectivity index (χ3v) is 3.72. The number of rotatable bonds is 3. The number of nitrogens with one attached hydrogen (secondary N) is 1. The second-order valence-electron chi connectivity index (χ2n) is 4.37. The van der Waals surface area contributed by atoms with Crippen molar-refractivity contribution in [2.24, 2.45) is 0 Å². The third-order valence-electron chi connectivity index (χ3n) is 3.23. The smallest absolute Gasteiger partial charge is 0.121 e. The molecule has 1 heterocycles. The van der Waals surface area contributed by atoms with Crippen LogP contribution in [0.4, 0.5) is 0 Å². The first kappa shape index (κ1) is 13.3. The molecule has 96 valence electrons. The molecule has 5 heteroatoms. The van der Waals surface area contributed by atoms with Crippen LogP contribution in [-0.2, 0) is 0 Å². The summed E-state index contributed by atoms with van der Waals surface area (Å²) in [5, 5.41) is 22.3. The lowest BCUT2D eigenvalue weighted by molar-refractivity contribution is 0.173. The number of nitriles is 1. The largest absolute Gasteiger partial charge is 0.508 e. The van der Waals surface area contributed by atoms with Gasteiger partial charge in [0.15, 0.2) is 0 Å². The molecule has 0 bridgehead atoms. The lowest BCUT2D eigenvalue weighted by Gasteiger charge is -2.34. The average molecular weight is 310 g/mol. The van der Waals surface area contributed by atoms with E-state index in [9.17, 15) is 5.11 Å². The highest BCUT2D eigenvalue weighted by Crippen LogP contribution is 2.33. The van der Waals surface area contributed by atoms with E-state index in [4.69, 9.17) is 5.26 Å². The molecule has 2 rings (SSSR count). The monoisotopic (exact) mass is 309 g/mol. The number of benzene rings is 1. The van der Waals surface area contributed by atoms with Crippen LogP contribution in [0.3, 0.4) is 0 Å². The number of nitrogens with zero attached hydrogens (tertiary/aromatic N) is 2. The van der Waals surface area contributed by atoms with Gasteiger partial charge in [0.05, 0.1) is 18.5 Å². The Hall–Kier alpha value is -1.09. The van der Waals surface area contributed by atoms with E-state index in [1.165, 1.54) is 0 Å². The van der Waals surface area contributed by atoms with Gasteiger partial charge in [0.2, 0.25) is 0 Å². The summed E-state index contributed by atoms with van der Waals surface area (Å²) in [5.74, 6) is 0.253. The molecule has 1 saturated heterocycles. The zero-order chi connectivity index (χ0) is 13.0. The quantitative estimate of drug-likeness (QED) is 0.897. The van der Waals surface area contributed by atoms with Crippen molar-refractivity contribution >= 4 is 15.9 Å². The van der Waals surface area contributed by atoms with Crippen LogP contribution in [0.2, 0.25) is 0 Å². The summed E-state index contributed by atoms with van der Waals surface area (Å²) in [6.07, 6.45) is 0.398. The van der Waals surface area contributed by atoms with Crippen LogP contribution in [0.1, 0.15) is 18.0 Å². The predicted molar refractivity (Wildman–Crippen MR) is 73.2 cm³/mol. The Morgan fingerprint density at radius 1 is 1.44 bits per heavy atom. The number of halogens is 1. The maximum Gasteiger partial charge on any atom is 0.121 e. The van der Waals surface area contributed by atoms with Gasteiger partial charge in [-0.05, 0) is 12.1 Å². The van der Waals surface area contributed by atoms with Crippen LogP contribution in [0.25, 0.3) is 0 Å². The highest BCUT2D eigenvalue weighted by Gasteiger charge is 2.24. The fourth-order valence-corrected chi connectivity index (χ4v) is 2.66. The van der Waals surface area contributed by atoms with Gasteiger partial charge in [0.25, 0.3) is 0 Å². The average Bonchev–Trinajstić information content (AvgIpc) is 2.38. The maximum atomic E-state index is 10.0. The van der Waals surface area contributed by atoms with Crippen LogP contribution in [-0.4, -0.2) is 36.2 Å². The van der Waals surface area contributed by atoms with Crippen molar-refractivity contribution in [2.75, 3.05) is 26.2 Å². The number of phenols is 1. The second kappa shape index (κ2) is 6.19. The van der Waals surface area contributed by atoms with E-state index in [1.807, 2.05) is 12.1 Å². The van der Waals surface area contributed by atoms with Crippen molar-refractivity contribution in [1.82, 2.24) is 10.2 Å². The molecule has 18 heavy (non-hydrogen) atoms. The van der Waals surface area contributed by atoms with Crippen molar-refractivity contribution < 1.29 is 5.11 Å². The zero-order valence-corrected chi connectivity index (χ0v) is 11.7. The molecule has 0 amide bonds. The minimum atomic E-state index is -0.0230. The fraction of sp³-hybridized carbons (Fsp3) is 0.462. The van der Waals surface area contributed by atoms with Crippen molar-refractivity contribution in [3.8, 4) is 11.8 Å². The summed E-state index contributed by atoms with van der Waals surface area (Å²) in [5.41, 5.74) is 0.835. The minimum Gasteiger partial charge on any atom is -0.508 e. The third kappa shape index (κ3) is 3.02. The van der Waals surface area contributed by atoms with Crippen LogP contribution in [0.15, 0.2) is 22.7 Å². The molecule has 1 aromatic carbocycles. The molecule has 2 N–H and O–H groups in total. The van der Waals surface area contributed by atoms with Gasteiger partial charge >= 0.3 is 0 Å². The molecular weight excluding hydrogens is 294 g/mol. The fourth-order valence-electron chi connectivity index (χ4n) is 2.31. The van der Waals surface area contributed by atoms with Crippen molar-refractivity contribution in [1.29, 1.82) is 5.26 Å². The van der Waals surface area contributed by atoms with Gasteiger partial charge in [-0.2, -0.15) is 5.26 Å². The molecule has 1 atom stereocenters. The minimum absolute atomic E-state index is 0.0230. The molecule has 0 spiro atoms. The number of aromatic hydroxyl groups is 1. The van der Waals surface area contributed by atoms with Gasteiger partial charge in [0.1, 0.15) is 5.75 Å². The lowest BCUT2D eigenvalue weighted by Crippen LogP contribution is -2.45. The summed E-state index contributed by atoms with van der Waals surface area (Å²) < 4.78 is 0.847. The molecule has 0 unspecified atom stereocenters. The first-order chi connectivity index (χ1) is 8.72. The molecule has 0 aromatic heterocycles. The molecule has 0 saturated carbocycles. The molecule has 0 aliphatic carbocycles. The van der Waals surface area contributed by atoms with E-state index in [1.54, 1.807) is 6.07 Å². The van der Waals surface area contributed by atoms with E-state index in [2.05, 4.69) is 32.2 Å². The Balaban J connectivity index is 2.25.